The van der Waals surface area contributed by atoms with Crippen molar-refractivity contribution >= 4 is 35.3 Å². The van der Waals surface area contributed by atoms with E-state index in [9.17, 15) is 9.59 Å². The van der Waals surface area contributed by atoms with Crippen LogP contribution in [0.2, 0.25) is 5.15 Å². The molecule has 8 heteroatoms. The zero-order chi connectivity index (χ0) is 19.3. The normalized spacial score (nSPS) is 11.2. The average molecular weight is 376 g/mol. The fraction of sp³-hybridized carbons (Fsp3) is 0.333. The number of hydrogen-bond donors (Lipinski definition) is 2. The fourth-order valence-electron chi connectivity index (χ4n) is 2.21. The minimum atomic E-state index is -0.870. The summed E-state index contributed by atoms with van der Waals surface area (Å²) in [5, 5.41) is 11.1. The van der Waals surface area contributed by atoms with Crippen LogP contribution < -0.4 is 10.7 Å². The predicted octanol–water partition coefficient (Wildman–Crippen LogP) is 2.90. The summed E-state index contributed by atoms with van der Waals surface area (Å²) in [5.74, 6) is -1.28. The minimum absolute atomic E-state index is 0.391. The van der Waals surface area contributed by atoms with E-state index in [1.165, 1.54) is 6.21 Å². The lowest BCUT2D eigenvalue weighted by atomic mass is 10.2. The standard InChI is InChI=1S/C18H22ClN5O2/c1-11(2)10-24-16(19)15(13(4)23-24)9-20-22-18(26)17(25)21-14-7-5-12(3)6-8-14/h5-9,11H,10H2,1-4H3,(H,21,25)(H,22,26)/b20-9-. The Morgan fingerprint density at radius 3 is 2.50 bits per heavy atom. The van der Waals surface area contributed by atoms with E-state index in [1.807, 2.05) is 19.1 Å². The summed E-state index contributed by atoms with van der Waals surface area (Å²) < 4.78 is 1.69. The molecule has 1 aromatic carbocycles. The third-order valence-electron chi connectivity index (χ3n) is 3.52. The number of anilines is 1. The van der Waals surface area contributed by atoms with E-state index >= 15 is 0 Å². The Bertz CT molecular complexity index is 825. The largest absolute Gasteiger partial charge is 0.329 e. The van der Waals surface area contributed by atoms with Crippen LogP contribution in [0.5, 0.6) is 0 Å². The molecule has 1 aromatic heterocycles. The lowest BCUT2D eigenvalue weighted by Crippen LogP contribution is -2.32. The second kappa shape index (κ2) is 8.62. The molecule has 26 heavy (non-hydrogen) atoms. The summed E-state index contributed by atoms with van der Waals surface area (Å²) in [4.78, 5) is 23.7. The van der Waals surface area contributed by atoms with Crippen LogP contribution in [-0.4, -0.2) is 27.8 Å². The van der Waals surface area contributed by atoms with E-state index in [0.29, 0.717) is 34.6 Å². The number of nitrogens with zero attached hydrogens (tertiary/aromatic N) is 3. The Hall–Kier alpha value is -2.67. The number of hydrazone groups is 1. The monoisotopic (exact) mass is 375 g/mol. The molecule has 2 rings (SSSR count). The van der Waals surface area contributed by atoms with Crippen molar-refractivity contribution in [2.24, 2.45) is 11.0 Å². The number of halogens is 1. The summed E-state index contributed by atoms with van der Waals surface area (Å²) in [6, 6.07) is 7.11. The van der Waals surface area contributed by atoms with Crippen molar-refractivity contribution in [3.8, 4) is 0 Å². The van der Waals surface area contributed by atoms with E-state index in [-0.39, 0.29) is 0 Å². The van der Waals surface area contributed by atoms with Gasteiger partial charge in [0.1, 0.15) is 5.15 Å². The highest BCUT2D eigenvalue weighted by molar-refractivity contribution is 6.39. The number of nitrogens with one attached hydrogen (secondary N) is 2. The van der Waals surface area contributed by atoms with Crippen LogP contribution in [0.3, 0.4) is 0 Å². The molecule has 138 valence electrons. The first-order valence-corrected chi connectivity index (χ1v) is 8.59. The van der Waals surface area contributed by atoms with Gasteiger partial charge in [0.25, 0.3) is 0 Å². The van der Waals surface area contributed by atoms with Gasteiger partial charge in [-0.3, -0.25) is 14.3 Å². The van der Waals surface area contributed by atoms with E-state index in [4.69, 9.17) is 11.6 Å². The van der Waals surface area contributed by atoms with Crippen LogP contribution in [0.1, 0.15) is 30.7 Å². The van der Waals surface area contributed by atoms with Crippen LogP contribution in [0, 0.1) is 19.8 Å². The van der Waals surface area contributed by atoms with Gasteiger partial charge < -0.3 is 5.32 Å². The third-order valence-corrected chi connectivity index (χ3v) is 3.92. The van der Waals surface area contributed by atoms with Gasteiger partial charge in [0.2, 0.25) is 0 Å². The molecular formula is C18H22ClN5O2. The van der Waals surface area contributed by atoms with E-state index in [2.05, 4.69) is 34.8 Å². The summed E-state index contributed by atoms with van der Waals surface area (Å²) in [7, 11) is 0. The zero-order valence-electron chi connectivity index (χ0n) is 15.2. The summed E-state index contributed by atoms with van der Waals surface area (Å²) in [6.07, 6.45) is 1.39. The van der Waals surface area contributed by atoms with Gasteiger partial charge >= 0.3 is 11.8 Å². The highest BCUT2D eigenvalue weighted by Gasteiger charge is 2.15. The van der Waals surface area contributed by atoms with Gasteiger partial charge in [-0.1, -0.05) is 43.1 Å². The molecule has 2 N–H and O–H groups in total. The maximum Gasteiger partial charge on any atom is 0.329 e. The predicted molar refractivity (Wildman–Crippen MR) is 102 cm³/mol. The van der Waals surface area contributed by atoms with Crippen molar-refractivity contribution in [2.45, 2.75) is 34.2 Å². The average Bonchev–Trinajstić information content (AvgIpc) is 2.83. The van der Waals surface area contributed by atoms with Crippen LogP contribution in [0.15, 0.2) is 29.4 Å². The second-order valence-corrected chi connectivity index (χ2v) is 6.74. The molecule has 0 aliphatic heterocycles. The molecule has 0 fully saturated rings. The number of benzene rings is 1. The molecule has 0 atom stereocenters. The van der Waals surface area contributed by atoms with Crippen molar-refractivity contribution in [3.63, 3.8) is 0 Å². The molecule has 0 aliphatic rings. The molecule has 0 radical (unpaired) electrons. The van der Waals surface area contributed by atoms with E-state index < -0.39 is 11.8 Å². The molecule has 0 saturated carbocycles. The van der Waals surface area contributed by atoms with Gasteiger partial charge in [0.15, 0.2) is 0 Å². The fourth-order valence-corrected chi connectivity index (χ4v) is 2.50. The quantitative estimate of drug-likeness (QED) is 0.478. The first kappa shape index (κ1) is 19.7. The Morgan fingerprint density at radius 2 is 1.88 bits per heavy atom. The number of carbonyl (C=O) groups is 2. The number of rotatable bonds is 5. The van der Waals surface area contributed by atoms with E-state index in [0.717, 1.165) is 5.56 Å². The minimum Gasteiger partial charge on any atom is -0.318 e. The molecule has 2 amide bonds. The number of hydrogen-bond acceptors (Lipinski definition) is 4. The Kier molecular flexibility index (Phi) is 6.52. The van der Waals surface area contributed by atoms with Gasteiger partial charge in [0, 0.05) is 12.2 Å². The summed E-state index contributed by atoms with van der Waals surface area (Å²) in [5.41, 5.74) is 5.08. The van der Waals surface area contributed by atoms with Crippen LogP contribution in [0.4, 0.5) is 5.69 Å². The smallest absolute Gasteiger partial charge is 0.318 e. The zero-order valence-corrected chi connectivity index (χ0v) is 16.0. The molecule has 0 saturated heterocycles. The number of carbonyl (C=O) groups excluding carboxylic acids is 2. The Balaban J connectivity index is 1.97. The highest BCUT2D eigenvalue weighted by Crippen LogP contribution is 2.18. The van der Waals surface area contributed by atoms with Crippen LogP contribution in [-0.2, 0) is 16.1 Å². The molecule has 2 aromatic rings. The van der Waals surface area contributed by atoms with Gasteiger partial charge in [-0.25, -0.2) is 5.43 Å². The van der Waals surface area contributed by atoms with Gasteiger partial charge in [-0.15, -0.1) is 0 Å². The van der Waals surface area contributed by atoms with Gasteiger partial charge in [-0.05, 0) is 31.9 Å². The summed E-state index contributed by atoms with van der Waals surface area (Å²) >= 11 is 6.29. The summed E-state index contributed by atoms with van der Waals surface area (Å²) in [6.45, 7) is 8.54. The first-order valence-electron chi connectivity index (χ1n) is 8.22. The van der Waals surface area contributed by atoms with Crippen LogP contribution >= 0.6 is 11.6 Å². The van der Waals surface area contributed by atoms with Crippen molar-refractivity contribution in [1.29, 1.82) is 0 Å². The molecule has 0 aliphatic carbocycles. The molecule has 0 spiro atoms. The lowest BCUT2D eigenvalue weighted by Gasteiger charge is -2.05. The topological polar surface area (TPSA) is 88.4 Å². The molecule has 7 nitrogen and oxygen atoms in total. The molecule has 1 heterocycles. The van der Waals surface area contributed by atoms with Crippen molar-refractivity contribution in [3.05, 3.63) is 46.2 Å². The van der Waals surface area contributed by atoms with Gasteiger partial charge in [-0.2, -0.15) is 10.2 Å². The highest BCUT2D eigenvalue weighted by atomic mass is 35.5. The number of aryl methyl sites for hydroxylation is 2. The molecular weight excluding hydrogens is 354 g/mol. The van der Waals surface area contributed by atoms with Crippen LogP contribution in [0.25, 0.3) is 0 Å². The van der Waals surface area contributed by atoms with Crippen molar-refractivity contribution in [2.75, 3.05) is 5.32 Å². The number of amides is 2. The Morgan fingerprint density at radius 1 is 1.23 bits per heavy atom. The maximum absolute atomic E-state index is 11.9. The van der Waals surface area contributed by atoms with Crippen molar-refractivity contribution < 1.29 is 9.59 Å². The van der Waals surface area contributed by atoms with Gasteiger partial charge in [0.05, 0.1) is 17.5 Å². The molecule has 0 unspecified atom stereocenters. The van der Waals surface area contributed by atoms with E-state index in [1.54, 1.807) is 23.7 Å². The third kappa shape index (κ3) is 5.16. The van der Waals surface area contributed by atoms with Crippen molar-refractivity contribution in [1.82, 2.24) is 15.2 Å². The SMILES string of the molecule is Cc1ccc(NC(=O)C(=O)N/N=C\c2c(C)nn(CC(C)C)c2Cl)cc1. The molecule has 0 bridgehead atoms. The maximum atomic E-state index is 11.9. The second-order valence-electron chi connectivity index (χ2n) is 6.39. The Labute approximate surface area is 157 Å². The first-order chi connectivity index (χ1) is 12.3. The number of aromatic nitrogens is 2. The lowest BCUT2D eigenvalue weighted by molar-refractivity contribution is -0.136.